The van der Waals surface area contributed by atoms with Crippen LogP contribution in [0, 0.1) is 0 Å². The molecule has 0 aromatic heterocycles. The summed E-state index contributed by atoms with van der Waals surface area (Å²) in [4.78, 5) is 14.1. The largest absolute Gasteiger partial charge is 0.573 e. The van der Waals surface area contributed by atoms with Gasteiger partial charge in [-0.25, -0.2) is 13.2 Å². The molecule has 4 rings (SSSR count). The van der Waals surface area contributed by atoms with E-state index in [1.54, 1.807) is 30.3 Å². The molecule has 0 aliphatic carbocycles. The smallest absolute Gasteiger partial charge is 0.445 e. The van der Waals surface area contributed by atoms with E-state index < -0.39 is 33.8 Å². The molecule has 11 heteroatoms. The number of hydrogen-bond acceptors (Lipinski definition) is 5. The highest BCUT2D eigenvalue weighted by molar-refractivity contribution is 7.89. The number of rotatable bonds is 7. The van der Waals surface area contributed by atoms with Crippen molar-refractivity contribution in [1.82, 2.24) is 9.62 Å². The fourth-order valence-electron chi connectivity index (χ4n) is 4.29. The Morgan fingerprint density at radius 1 is 0.946 bits per heavy atom. The summed E-state index contributed by atoms with van der Waals surface area (Å²) in [7, 11) is -4.20. The zero-order chi connectivity index (χ0) is 26.5. The summed E-state index contributed by atoms with van der Waals surface area (Å²) in [6.07, 6.45) is -4.57. The Morgan fingerprint density at radius 2 is 1.57 bits per heavy atom. The number of alkyl halides is 3. The Kier molecular flexibility index (Phi) is 7.74. The molecule has 7 nitrogen and oxygen atoms in total. The van der Waals surface area contributed by atoms with E-state index in [4.69, 9.17) is 4.74 Å². The normalized spacial score (nSPS) is 18.3. The number of halogens is 3. The maximum absolute atomic E-state index is 13.4. The van der Waals surface area contributed by atoms with Gasteiger partial charge in [-0.2, -0.15) is 4.72 Å². The number of likely N-dealkylation sites (tertiary alicyclic amines) is 1. The van der Waals surface area contributed by atoms with Crippen LogP contribution in [0.5, 0.6) is 5.75 Å². The number of benzene rings is 3. The molecular weight excluding hydrogens is 509 g/mol. The molecule has 1 fully saturated rings. The highest BCUT2D eigenvalue weighted by Gasteiger charge is 2.42. The molecule has 3 aromatic rings. The van der Waals surface area contributed by atoms with Gasteiger partial charge in [-0.05, 0) is 48.2 Å². The molecule has 0 spiro atoms. The van der Waals surface area contributed by atoms with Crippen molar-refractivity contribution in [2.24, 2.45) is 0 Å². The minimum Gasteiger partial charge on any atom is -0.445 e. The van der Waals surface area contributed by atoms with Gasteiger partial charge in [0.1, 0.15) is 12.4 Å². The summed E-state index contributed by atoms with van der Waals surface area (Å²) in [6.45, 7) is 0.471. The summed E-state index contributed by atoms with van der Waals surface area (Å²) in [6, 6.07) is 22.0. The van der Waals surface area contributed by atoms with Gasteiger partial charge in [-0.15, -0.1) is 13.2 Å². The Balaban J connectivity index is 1.56. The average Bonchev–Trinajstić information content (AvgIpc) is 2.87. The van der Waals surface area contributed by atoms with Crippen LogP contribution in [0.2, 0.25) is 0 Å². The first-order chi connectivity index (χ1) is 17.6. The predicted octanol–water partition coefficient (Wildman–Crippen LogP) is 5.19. The van der Waals surface area contributed by atoms with Crippen molar-refractivity contribution in [3.63, 3.8) is 0 Å². The van der Waals surface area contributed by atoms with E-state index in [1.165, 1.54) is 4.90 Å². The lowest BCUT2D eigenvalue weighted by Gasteiger charge is -2.43. The topological polar surface area (TPSA) is 84.9 Å². The van der Waals surface area contributed by atoms with Gasteiger partial charge in [0.25, 0.3) is 0 Å². The van der Waals surface area contributed by atoms with E-state index in [0.29, 0.717) is 24.9 Å². The number of sulfonamides is 1. The fraction of sp³-hybridized carbons (Fsp3) is 0.269. The number of carbonyl (C=O) groups is 1. The Bertz CT molecular complexity index is 1300. The van der Waals surface area contributed by atoms with Crippen molar-refractivity contribution in [3.8, 4) is 5.75 Å². The first-order valence-electron chi connectivity index (χ1n) is 11.5. The second-order valence-corrected chi connectivity index (χ2v) is 10.3. The first-order valence-corrected chi connectivity index (χ1v) is 13.0. The third-order valence-corrected chi connectivity index (χ3v) is 7.53. The molecule has 1 aliphatic heterocycles. The SMILES string of the molecule is O=C(OCc1ccccc1)N1CCCC(NS(=O)(=O)c2ccc(OC(F)(F)F)cc2)(c2ccccc2)C1. The number of nitrogens with zero attached hydrogens (tertiary/aromatic N) is 1. The second kappa shape index (κ2) is 10.8. The van der Waals surface area contributed by atoms with Crippen LogP contribution in [0.25, 0.3) is 0 Å². The molecule has 0 saturated carbocycles. The molecule has 196 valence electrons. The van der Waals surface area contributed by atoms with Crippen LogP contribution in [-0.4, -0.2) is 38.9 Å². The Morgan fingerprint density at radius 3 is 2.19 bits per heavy atom. The third-order valence-electron chi connectivity index (χ3n) is 5.98. The van der Waals surface area contributed by atoms with Crippen LogP contribution in [0.15, 0.2) is 89.8 Å². The van der Waals surface area contributed by atoms with E-state index in [1.807, 2.05) is 30.3 Å². The molecule has 1 atom stereocenters. The minimum atomic E-state index is -4.89. The van der Waals surface area contributed by atoms with Gasteiger partial charge < -0.3 is 14.4 Å². The number of hydrogen-bond donors (Lipinski definition) is 1. The molecule has 3 aromatic carbocycles. The molecule has 1 amide bonds. The minimum absolute atomic E-state index is 0.0130. The Labute approximate surface area is 212 Å². The molecule has 1 N–H and O–H groups in total. The van der Waals surface area contributed by atoms with Gasteiger partial charge >= 0.3 is 12.5 Å². The first kappa shape index (κ1) is 26.5. The van der Waals surface area contributed by atoms with Gasteiger partial charge in [-0.3, -0.25) is 0 Å². The van der Waals surface area contributed by atoms with E-state index >= 15 is 0 Å². The van der Waals surface area contributed by atoms with Crippen LogP contribution in [0.4, 0.5) is 18.0 Å². The quantitative estimate of drug-likeness (QED) is 0.451. The lowest BCUT2D eigenvalue weighted by Crippen LogP contribution is -2.57. The molecular formula is C26H25F3N2O5S. The molecule has 1 heterocycles. The summed E-state index contributed by atoms with van der Waals surface area (Å²) >= 11 is 0. The lowest BCUT2D eigenvalue weighted by atomic mass is 9.83. The lowest BCUT2D eigenvalue weighted by molar-refractivity contribution is -0.274. The van der Waals surface area contributed by atoms with Crippen LogP contribution in [0.1, 0.15) is 24.0 Å². The Hall–Kier alpha value is -3.57. The van der Waals surface area contributed by atoms with Crippen molar-refractivity contribution in [3.05, 3.63) is 96.1 Å². The monoisotopic (exact) mass is 534 g/mol. The number of piperidine rings is 1. The van der Waals surface area contributed by atoms with Gasteiger partial charge in [0.2, 0.25) is 10.0 Å². The van der Waals surface area contributed by atoms with Crippen molar-refractivity contribution >= 4 is 16.1 Å². The summed E-state index contributed by atoms with van der Waals surface area (Å²) in [5.74, 6) is -0.533. The average molecular weight is 535 g/mol. The van der Waals surface area contributed by atoms with E-state index in [2.05, 4.69) is 9.46 Å². The highest BCUT2D eigenvalue weighted by Crippen LogP contribution is 2.34. The number of nitrogens with one attached hydrogen (secondary N) is 1. The molecule has 1 aliphatic rings. The van der Waals surface area contributed by atoms with Crippen molar-refractivity contribution in [2.45, 2.75) is 36.2 Å². The van der Waals surface area contributed by atoms with Crippen LogP contribution < -0.4 is 9.46 Å². The van der Waals surface area contributed by atoms with Gasteiger partial charge in [-0.1, -0.05) is 60.7 Å². The summed E-state index contributed by atoms with van der Waals surface area (Å²) in [5.41, 5.74) is 0.294. The van der Waals surface area contributed by atoms with Crippen molar-refractivity contribution in [1.29, 1.82) is 0 Å². The van der Waals surface area contributed by atoms with Crippen molar-refractivity contribution < 1.29 is 35.9 Å². The molecule has 1 unspecified atom stereocenters. The summed E-state index contributed by atoms with van der Waals surface area (Å²) < 4.78 is 76.2. The number of amides is 1. The van der Waals surface area contributed by atoms with E-state index in [9.17, 15) is 26.4 Å². The summed E-state index contributed by atoms with van der Waals surface area (Å²) in [5, 5.41) is 0. The standard InChI is InChI=1S/C26H25F3N2O5S/c27-26(28,29)36-22-12-14-23(15-13-22)37(33,34)30-25(21-10-5-2-6-11-21)16-7-17-31(19-25)24(32)35-18-20-8-3-1-4-9-20/h1-6,8-15,30H,7,16-19H2. The molecule has 37 heavy (non-hydrogen) atoms. The zero-order valence-corrected chi connectivity index (χ0v) is 20.5. The predicted molar refractivity (Wildman–Crippen MR) is 129 cm³/mol. The fourth-order valence-corrected chi connectivity index (χ4v) is 5.70. The van der Waals surface area contributed by atoms with Crippen molar-refractivity contribution in [2.75, 3.05) is 13.1 Å². The molecule has 0 radical (unpaired) electrons. The number of ether oxygens (including phenoxy) is 2. The van der Waals surface area contributed by atoms with Crippen LogP contribution in [-0.2, 0) is 26.9 Å². The molecule has 0 bridgehead atoms. The van der Waals surface area contributed by atoms with E-state index in [-0.39, 0.29) is 18.0 Å². The van der Waals surface area contributed by atoms with Gasteiger partial charge in [0, 0.05) is 13.1 Å². The maximum atomic E-state index is 13.4. The third kappa shape index (κ3) is 6.80. The molecule has 1 saturated heterocycles. The number of carbonyl (C=O) groups excluding carboxylic acids is 1. The highest BCUT2D eigenvalue weighted by atomic mass is 32.2. The van der Waals surface area contributed by atoms with E-state index in [0.717, 1.165) is 29.8 Å². The van der Waals surface area contributed by atoms with Crippen LogP contribution in [0.3, 0.4) is 0 Å². The van der Waals surface area contributed by atoms with Crippen LogP contribution >= 0.6 is 0 Å². The zero-order valence-electron chi connectivity index (χ0n) is 19.6. The van der Waals surface area contributed by atoms with Gasteiger partial charge in [0.05, 0.1) is 10.4 Å². The second-order valence-electron chi connectivity index (χ2n) is 8.64. The van der Waals surface area contributed by atoms with Gasteiger partial charge in [0.15, 0.2) is 0 Å². The maximum Gasteiger partial charge on any atom is 0.573 e.